The van der Waals surface area contributed by atoms with E-state index in [1.807, 2.05) is 33.7 Å². The number of aryl methyl sites for hydroxylation is 1. The van der Waals surface area contributed by atoms with Gasteiger partial charge in [-0.2, -0.15) is 5.10 Å². The fourth-order valence-electron chi connectivity index (χ4n) is 4.54. The first kappa shape index (κ1) is 18.8. The average Bonchev–Trinajstić information content (AvgIpc) is 3.36. The molecule has 1 amide bonds. The molecule has 1 saturated heterocycles. The lowest BCUT2D eigenvalue weighted by molar-refractivity contribution is 0.0709. The lowest BCUT2D eigenvalue weighted by atomic mass is 9.95. The van der Waals surface area contributed by atoms with Crippen molar-refractivity contribution in [3.05, 3.63) is 46.1 Å². The molecule has 1 aromatic carbocycles. The maximum atomic E-state index is 12.8. The fourth-order valence-corrected chi connectivity index (χ4v) is 4.54. The van der Waals surface area contributed by atoms with Crippen LogP contribution in [0.25, 0.3) is 0 Å². The van der Waals surface area contributed by atoms with E-state index in [1.165, 1.54) is 17.5 Å². The van der Waals surface area contributed by atoms with Crippen molar-refractivity contribution in [2.45, 2.75) is 50.5 Å². The number of hydrogen-bond acceptors (Lipinski definition) is 4. The Balaban J connectivity index is 1.46. The van der Waals surface area contributed by atoms with Crippen molar-refractivity contribution < 1.29 is 9.53 Å². The Hall–Kier alpha value is -2.57. The van der Waals surface area contributed by atoms with Gasteiger partial charge in [0.2, 0.25) is 0 Å². The van der Waals surface area contributed by atoms with Gasteiger partial charge in [0.15, 0.2) is 0 Å². The molecule has 0 bridgehead atoms. The summed E-state index contributed by atoms with van der Waals surface area (Å²) in [5.41, 5.74) is 0.679. The fraction of sp³-hybridized carbons (Fsp3) is 0.571. The third-order valence-corrected chi connectivity index (χ3v) is 6.16. The first-order chi connectivity index (χ1) is 13.6. The van der Waals surface area contributed by atoms with Crippen LogP contribution in [0.15, 0.2) is 29.1 Å². The van der Waals surface area contributed by atoms with E-state index in [4.69, 9.17) is 4.74 Å². The van der Waals surface area contributed by atoms with Crippen molar-refractivity contribution in [2.75, 3.05) is 20.2 Å². The predicted molar refractivity (Wildman–Crippen MR) is 106 cm³/mol. The van der Waals surface area contributed by atoms with E-state index in [0.29, 0.717) is 18.7 Å². The summed E-state index contributed by atoms with van der Waals surface area (Å²) in [5.74, 6) is 1.94. The Morgan fingerprint density at radius 2 is 1.71 bits per heavy atom. The Labute approximate surface area is 164 Å². The molecule has 0 unspecified atom stereocenters. The van der Waals surface area contributed by atoms with E-state index in [1.54, 1.807) is 14.2 Å². The molecule has 7 heteroatoms. The third-order valence-electron chi connectivity index (χ3n) is 6.16. The van der Waals surface area contributed by atoms with Crippen molar-refractivity contribution in [2.24, 2.45) is 7.05 Å². The predicted octanol–water partition coefficient (Wildman–Crippen LogP) is 2.73. The molecule has 150 valence electrons. The molecule has 0 N–H and O–H groups in total. The van der Waals surface area contributed by atoms with Gasteiger partial charge in [-0.25, -0.2) is 9.48 Å². The minimum Gasteiger partial charge on any atom is -0.497 e. The van der Waals surface area contributed by atoms with E-state index >= 15 is 0 Å². The molecule has 2 aromatic rings. The van der Waals surface area contributed by atoms with Crippen LogP contribution < -0.4 is 10.4 Å². The molecule has 0 radical (unpaired) electrons. The smallest absolute Gasteiger partial charge is 0.345 e. The zero-order valence-corrected chi connectivity index (χ0v) is 16.6. The van der Waals surface area contributed by atoms with Crippen molar-refractivity contribution in [1.82, 2.24) is 19.2 Å². The monoisotopic (exact) mass is 384 g/mol. The normalized spacial score (nSPS) is 18.6. The summed E-state index contributed by atoms with van der Waals surface area (Å²) < 4.78 is 8.58. The van der Waals surface area contributed by atoms with Gasteiger partial charge in [0.1, 0.15) is 11.6 Å². The number of hydrogen-bond donors (Lipinski definition) is 0. The summed E-state index contributed by atoms with van der Waals surface area (Å²) >= 11 is 0. The zero-order chi connectivity index (χ0) is 19.7. The number of amides is 1. The van der Waals surface area contributed by atoms with Crippen LogP contribution in [-0.4, -0.2) is 45.4 Å². The number of aromatic nitrogens is 3. The van der Waals surface area contributed by atoms with E-state index < -0.39 is 0 Å². The quantitative estimate of drug-likeness (QED) is 0.813. The molecule has 1 aliphatic carbocycles. The summed E-state index contributed by atoms with van der Waals surface area (Å²) in [5, 5.41) is 4.58. The van der Waals surface area contributed by atoms with E-state index in [9.17, 15) is 9.59 Å². The zero-order valence-electron chi connectivity index (χ0n) is 16.6. The van der Waals surface area contributed by atoms with Gasteiger partial charge in [-0.05, 0) is 49.9 Å². The molecule has 2 heterocycles. The summed E-state index contributed by atoms with van der Waals surface area (Å²) in [6, 6.07) is 7.53. The van der Waals surface area contributed by atoms with Gasteiger partial charge >= 0.3 is 5.69 Å². The molecule has 2 fully saturated rings. The second kappa shape index (κ2) is 7.81. The number of carbonyl (C=O) groups is 1. The Bertz CT molecular complexity index is 885. The van der Waals surface area contributed by atoms with Crippen LogP contribution in [0.5, 0.6) is 5.75 Å². The summed E-state index contributed by atoms with van der Waals surface area (Å²) in [6.45, 7) is 1.37. The van der Waals surface area contributed by atoms with Crippen molar-refractivity contribution in [1.29, 1.82) is 0 Å². The van der Waals surface area contributed by atoms with Crippen LogP contribution in [0.3, 0.4) is 0 Å². The van der Waals surface area contributed by atoms with E-state index in [2.05, 4.69) is 5.10 Å². The highest BCUT2D eigenvalue weighted by Crippen LogP contribution is 2.33. The average molecular weight is 384 g/mol. The molecule has 4 rings (SSSR count). The van der Waals surface area contributed by atoms with Gasteiger partial charge in [0.25, 0.3) is 5.91 Å². The molecule has 7 nitrogen and oxygen atoms in total. The maximum Gasteiger partial charge on any atom is 0.345 e. The van der Waals surface area contributed by atoms with Crippen molar-refractivity contribution in [3.8, 4) is 5.75 Å². The van der Waals surface area contributed by atoms with Gasteiger partial charge in [0, 0.05) is 37.7 Å². The number of carbonyl (C=O) groups excluding carboxylic acids is 1. The van der Waals surface area contributed by atoms with Gasteiger partial charge < -0.3 is 9.64 Å². The third kappa shape index (κ3) is 3.45. The molecular formula is C21H28N4O3. The van der Waals surface area contributed by atoms with Crippen molar-refractivity contribution in [3.63, 3.8) is 0 Å². The van der Waals surface area contributed by atoms with Gasteiger partial charge in [-0.3, -0.25) is 9.36 Å². The summed E-state index contributed by atoms with van der Waals surface area (Å²) in [4.78, 5) is 27.3. The van der Waals surface area contributed by atoms with Crippen LogP contribution in [0.1, 0.15) is 66.7 Å². The molecule has 2 aliphatic rings. The molecule has 1 aromatic heterocycles. The Morgan fingerprint density at radius 3 is 2.32 bits per heavy atom. The Morgan fingerprint density at radius 1 is 1.07 bits per heavy atom. The molecule has 0 spiro atoms. The second-order valence-corrected chi connectivity index (χ2v) is 7.87. The number of rotatable bonds is 4. The van der Waals surface area contributed by atoms with Gasteiger partial charge in [0.05, 0.1) is 7.11 Å². The SMILES string of the molecule is COc1ccc(C(=O)N2CCC(c3nn(C)c(=O)n3C3CCCC3)CC2)cc1. The molecular weight excluding hydrogens is 356 g/mol. The highest BCUT2D eigenvalue weighted by molar-refractivity contribution is 5.94. The number of nitrogens with zero attached hydrogens (tertiary/aromatic N) is 4. The minimum atomic E-state index is -0.00126. The molecule has 28 heavy (non-hydrogen) atoms. The Kier molecular flexibility index (Phi) is 5.24. The van der Waals surface area contributed by atoms with Crippen LogP contribution >= 0.6 is 0 Å². The topological polar surface area (TPSA) is 69.4 Å². The van der Waals surface area contributed by atoms with E-state index in [0.717, 1.165) is 37.3 Å². The largest absolute Gasteiger partial charge is 0.497 e. The highest BCUT2D eigenvalue weighted by atomic mass is 16.5. The number of piperidine rings is 1. The second-order valence-electron chi connectivity index (χ2n) is 7.87. The maximum absolute atomic E-state index is 12.8. The highest BCUT2D eigenvalue weighted by Gasteiger charge is 2.31. The van der Waals surface area contributed by atoms with Crippen molar-refractivity contribution >= 4 is 5.91 Å². The van der Waals surface area contributed by atoms with E-state index in [-0.39, 0.29) is 23.6 Å². The van der Waals surface area contributed by atoms with Gasteiger partial charge in [-0.15, -0.1) is 0 Å². The standard InChI is InChI=1S/C21H28N4O3/c1-23-21(27)25(17-5-3-4-6-17)19(22-23)15-11-13-24(14-12-15)20(26)16-7-9-18(28-2)10-8-16/h7-10,15,17H,3-6,11-14H2,1-2H3. The number of likely N-dealkylation sites (tertiary alicyclic amines) is 1. The minimum absolute atomic E-state index is 0.00126. The number of methoxy groups -OCH3 is 1. The van der Waals surface area contributed by atoms with Crippen LogP contribution in [-0.2, 0) is 7.05 Å². The lowest BCUT2D eigenvalue weighted by Crippen LogP contribution is -2.38. The van der Waals surface area contributed by atoms with Crippen LogP contribution in [0, 0.1) is 0 Å². The first-order valence-corrected chi connectivity index (χ1v) is 10.2. The van der Waals surface area contributed by atoms with Gasteiger partial charge in [-0.1, -0.05) is 12.8 Å². The molecule has 1 aliphatic heterocycles. The summed E-state index contributed by atoms with van der Waals surface area (Å²) in [6.07, 6.45) is 6.16. The van der Waals surface area contributed by atoms with Crippen LogP contribution in [0.4, 0.5) is 0 Å². The summed E-state index contributed by atoms with van der Waals surface area (Å²) in [7, 11) is 3.35. The van der Waals surface area contributed by atoms with Crippen LogP contribution in [0.2, 0.25) is 0 Å². The molecule has 1 saturated carbocycles. The number of ether oxygens (including phenoxy) is 1. The lowest BCUT2D eigenvalue weighted by Gasteiger charge is -2.32. The first-order valence-electron chi connectivity index (χ1n) is 10.2. The molecule has 0 atom stereocenters. The number of benzene rings is 1.